The van der Waals surface area contributed by atoms with Gasteiger partial charge in [-0.1, -0.05) is 43.9 Å². The standard InChI is InChI=1S/C16H23FO2/c1-19-16(10-6-2-3-7-11-16)15(18)12-13-8-4-5-9-14(13)17/h4-5,8-9,15,18H,2-3,6-7,10-12H2,1H3. The number of methoxy groups -OCH3 is 1. The molecule has 0 radical (unpaired) electrons. The van der Waals surface area contributed by atoms with E-state index in [-0.39, 0.29) is 5.82 Å². The van der Waals surface area contributed by atoms with Gasteiger partial charge in [0, 0.05) is 13.5 Å². The van der Waals surface area contributed by atoms with Crippen molar-refractivity contribution < 1.29 is 14.2 Å². The molecule has 19 heavy (non-hydrogen) atoms. The second-order valence-corrected chi connectivity index (χ2v) is 5.49. The molecule has 1 unspecified atom stereocenters. The van der Waals surface area contributed by atoms with E-state index >= 15 is 0 Å². The zero-order chi connectivity index (χ0) is 13.7. The van der Waals surface area contributed by atoms with Gasteiger partial charge in [0.2, 0.25) is 0 Å². The van der Waals surface area contributed by atoms with E-state index in [1.165, 1.54) is 18.9 Å². The highest BCUT2D eigenvalue weighted by atomic mass is 19.1. The summed E-state index contributed by atoms with van der Waals surface area (Å²) in [5.74, 6) is -0.249. The molecule has 1 aliphatic carbocycles. The molecule has 1 atom stereocenters. The average molecular weight is 266 g/mol. The molecule has 2 nitrogen and oxygen atoms in total. The van der Waals surface area contributed by atoms with Crippen LogP contribution in [0.1, 0.15) is 44.1 Å². The molecule has 1 aromatic rings. The Balaban J connectivity index is 2.12. The van der Waals surface area contributed by atoms with Crippen molar-refractivity contribution in [1.29, 1.82) is 0 Å². The summed E-state index contributed by atoms with van der Waals surface area (Å²) in [7, 11) is 1.66. The van der Waals surface area contributed by atoms with Crippen LogP contribution in [0, 0.1) is 5.82 Å². The van der Waals surface area contributed by atoms with E-state index in [0.29, 0.717) is 12.0 Å². The summed E-state index contributed by atoms with van der Waals surface area (Å²) in [6.07, 6.45) is 5.92. The molecular formula is C16H23FO2. The Hall–Kier alpha value is -0.930. The minimum atomic E-state index is -0.646. The van der Waals surface area contributed by atoms with Gasteiger partial charge < -0.3 is 9.84 Å². The van der Waals surface area contributed by atoms with Gasteiger partial charge in [-0.05, 0) is 24.5 Å². The van der Waals surface area contributed by atoms with Gasteiger partial charge in [-0.15, -0.1) is 0 Å². The van der Waals surface area contributed by atoms with Crippen LogP contribution in [-0.2, 0) is 11.2 Å². The van der Waals surface area contributed by atoms with Crippen LogP contribution in [0.3, 0.4) is 0 Å². The average Bonchev–Trinajstić information content (AvgIpc) is 2.67. The smallest absolute Gasteiger partial charge is 0.126 e. The summed E-state index contributed by atoms with van der Waals surface area (Å²) in [4.78, 5) is 0. The molecule has 0 amide bonds. The van der Waals surface area contributed by atoms with Gasteiger partial charge in [-0.2, -0.15) is 0 Å². The second kappa shape index (κ2) is 6.49. The fraction of sp³-hybridized carbons (Fsp3) is 0.625. The number of rotatable bonds is 4. The fourth-order valence-corrected chi connectivity index (χ4v) is 3.06. The first kappa shape index (κ1) is 14.5. The second-order valence-electron chi connectivity index (χ2n) is 5.49. The SMILES string of the molecule is COC1(C(O)Cc2ccccc2F)CCCCCC1. The van der Waals surface area contributed by atoms with Crippen molar-refractivity contribution in [3.05, 3.63) is 35.6 Å². The monoisotopic (exact) mass is 266 g/mol. The predicted molar refractivity (Wildman–Crippen MR) is 73.6 cm³/mol. The fourth-order valence-electron chi connectivity index (χ4n) is 3.06. The van der Waals surface area contributed by atoms with E-state index in [9.17, 15) is 9.50 Å². The maximum atomic E-state index is 13.7. The van der Waals surface area contributed by atoms with Gasteiger partial charge in [0.25, 0.3) is 0 Å². The molecule has 1 aromatic carbocycles. The van der Waals surface area contributed by atoms with E-state index in [4.69, 9.17) is 4.74 Å². The van der Waals surface area contributed by atoms with E-state index in [0.717, 1.165) is 25.7 Å². The number of ether oxygens (including phenoxy) is 1. The van der Waals surface area contributed by atoms with Crippen LogP contribution in [0.15, 0.2) is 24.3 Å². The van der Waals surface area contributed by atoms with E-state index in [2.05, 4.69) is 0 Å². The summed E-state index contributed by atoms with van der Waals surface area (Å²) < 4.78 is 19.3. The summed E-state index contributed by atoms with van der Waals surface area (Å²) in [5, 5.41) is 10.5. The van der Waals surface area contributed by atoms with Crippen LogP contribution in [0.4, 0.5) is 4.39 Å². The Morgan fingerprint density at radius 3 is 2.42 bits per heavy atom. The summed E-state index contributed by atoms with van der Waals surface area (Å²) in [5.41, 5.74) is 0.0642. The number of halogens is 1. The molecule has 0 saturated heterocycles. The quantitative estimate of drug-likeness (QED) is 0.846. The third-order valence-corrected chi connectivity index (χ3v) is 4.33. The van der Waals surface area contributed by atoms with Crippen molar-refractivity contribution in [2.75, 3.05) is 7.11 Å². The lowest BCUT2D eigenvalue weighted by Crippen LogP contribution is -2.45. The third kappa shape index (κ3) is 3.34. The van der Waals surface area contributed by atoms with Crippen molar-refractivity contribution in [1.82, 2.24) is 0 Å². The van der Waals surface area contributed by atoms with E-state index in [1.54, 1.807) is 25.3 Å². The first-order valence-electron chi connectivity index (χ1n) is 7.14. The minimum Gasteiger partial charge on any atom is -0.390 e. The van der Waals surface area contributed by atoms with Gasteiger partial charge in [-0.3, -0.25) is 0 Å². The molecule has 2 rings (SSSR count). The highest BCUT2D eigenvalue weighted by molar-refractivity contribution is 5.19. The van der Waals surface area contributed by atoms with Gasteiger partial charge in [0.15, 0.2) is 0 Å². The first-order valence-corrected chi connectivity index (χ1v) is 7.14. The normalized spacial score (nSPS) is 20.8. The maximum absolute atomic E-state index is 13.7. The molecule has 0 spiro atoms. The largest absolute Gasteiger partial charge is 0.390 e. The van der Waals surface area contributed by atoms with E-state index in [1.807, 2.05) is 0 Å². The number of aliphatic hydroxyl groups is 1. The molecule has 0 bridgehead atoms. The molecule has 1 saturated carbocycles. The zero-order valence-electron chi connectivity index (χ0n) is 11.6. The minimum absolute atomic E-state index is 0.249. The van der Waals surface area contributed by atoms with Crippen LogP contribution in [0.25, 0.3) is 0 Å². The summed E-state index contributed by atoms with van der Waals surface area (Å²) in [6, 6.07) is 6.65. The highest BCUT2D eigenvalue weighted by Crippen LogP contribution is 2.34. The Morgan fingerprint density at radius 1 is 1.21 bits per heavy atom. The molecule has 1 N–H and O–H groups in total. The molecule has 106 valence electrons. The summed E-state index contributed by atoms with van der Waals surface area (Å²) in [6.45, 7) is 0. The highest BCUT2D eigenvalue weighted by Gasteiger charge is 2.38. The van der Waals surface area contributed by atoms with Crippen LogP contribution in [0.5, 0.6) is 0 Å². The molecule has 0 aliphatic heterocycles. The molecule has 0 aromatic heterocycles. The maximum Gasteiger partial charge on any atom is 0.126 e. The number of benzene rings is 1. The van der Waals surface area contributed by atoms with Crippen molar-refractivity contribution in [3.8, 4) is 0 Å². The summed E-state index contributed by atoms with van der Waals surface area (Å²) >= 11 is 0. The zero-order valence-corrected chi connectivity index (χ0v) is 11.6. The van der Waals surface area contributed by atoms with E-state index < -0.39 is 11.7 Å². The van der Waals surface area contributed by atoms with Crippen LogP contribution >= 0.6 is 0 Å². The van der Waals surface area contributed by atoms with Crippen LogP contribution < -0.4 is 0 Å². The van der Waals surface area contributed by atoms with Gasteiger partial charge in [0.05, 0.1) is 11.7 Å². The lowest BCUT2D eigenvalue weighted by atomic mass is 9.84. The lowest BCUT2D eigenvalue weighted by molar-refractivity contribution is -0.111. The molecule has 0 heterocycles. The number of aliphatic hydroxyl groups excluding tert-OH is 1. The molecule has 1 aliphatic rings. The van der Waals surface area contributed by atoms with Crippen molar-refractivity contribution >= 4 is 0 Å². The Kier molecular flexibility index (Phi) is 4.94. The van der Waals surface area contributed by atoms with Crippen molar-refractivity contribution in [2.24, 2.45) is 0 Å². The van der Waals surface area contributed by atoms with Crippen molar-refractivity contribution in [2.45, 2.75) is 56.7 Å². The number of hydrogen-bond donors (Lipinski definition) is 1. The lowest BCUT2D eigenvalue weighted by Gasteiger charge is -2.36. The first-order chi connectivity index (χ1) is 9.18. The van der Waals surface area contributed by atoms with Crippen LogP contribution in [-0.4, -0.2) is 23.9 Å². The Bertz CT molecular complexity index is 397. The molecule has 3 heteroatoms. The van der Waals surface area contributed by atoms with Gasteiger partial charge in [0.1, 0.15) is 5.82 Å². The Labute approximate surface area is 114 Å². The molecular weight excluding hydrogens is 243 g/mol. The topological polar surface area (TPSA) is 29.5 Å². The third-order valence-electron chi connectivity index (χ3n) is 4.33. The van der Waals surface area contributed by atoms with Gasteiger partial charge >= 0.3 is 0 Å². The number of hydrogen-bond acceptors (Lipinski definition) is 2. The van der Waals surface area contributed by atoms with Gasteiger partial charge in [-0.25, -0.2) is 4.39 Å². The Morgan fingerprint density at radius 2 is 1.84 bits per heavy atom. The van der Waals surface area contributed by atoms with Crippen LogP contribution in [0.2, 0.25) is 0 Å². The molecule has 1 fully saturated rings. The predicted octanol–water partition coefficient (Wildman–Crippen LogP) is 3.47. The van der Waals surface area contributed by atoms with Crippen molar-refractivity contribution in [3.63, 3.8) is 0 Å².